The van der Waals surface area contributed by atoms with Crippen LogP contribution in [0.15, 0.2) is 64.5 Å². The van der Waals surface area contributed by atoms with E-state index in [2.05, 4.69) is 77.2 Å². The van der Waals surface area contributed by atoms with Gasteiger partial charge in [-0.2, -0.15) is 4.57 Å². The Bertz CT molecular complexity index is 1090. The third-order valence-electron chi connectivity index (χ3n) is 4.92. The fourth-order valence-electron chi connectivity index (χ4n) is 3.71. The maximum absolute atomic E-state index is 11.3. The van der Waals surface area contributed by atoms with Gasteiger partial charge in [0, 0.05) is 47.6 Å². The summed E-state index contributed by atoms with van der Waals surface area (Å²) in [7, 11) is 0. The summed E-state index contributed by atoms with van der Waals surface area (Å²) in [6.45, 7) is 7.70. The average molecular weight is 391 g/mol. The zero-order chi connectivity index (χ0) is 19.7. The molecule has 28 heavy (non-hydrogen) atoms. The van der Waals surface area contributed by atoms with Crippen molar-refractivity contribution in [3.8, 4) is 0 Å². The number of hydrogen-bond acceptors (Lipinski definition) is 3. The molecule has 0 bridgehead atoms. The van der Waals surface area contributed by atoms with Crippen molar-refractivity contribution in [2.75, 3.05) is 16.8 Å². The number of nitrogens with zero attached hydrogens (tertiary/aromatic N) is 2. The van der Waals surface area contributed by atoms with Crippen molar-refractivity contribution in [3.63, 3.8) is 0 Å². The largest absolute Gasteiger partial charge is 0.335 e. The van der Waals surface area contributed by atoms with Gasteiger partial charge in [-0.25, -0.2) is 0 Å². The second-order valence-electron chi connectivity index (χ2n) is 6.75. The first-order valence-electron chi connectivity index (χ1n) is 9.61. The van der Waals surface area contributed by atoms with Gasteiger partial charge in [0.2, 0.25) is 17.1 Å². The normalized spacial score (nSPS) is 14.5. The Kier molecular flexibility index (Phi) is 5.09. The first-order chi connectivity index (χ1) is 13.6. The molecule has 4 nitrogen and oxygen atoms in total. The van der Waals surface area contributed by atoms with Crippen LogP contribution in [0.1, 0.15) is 26.5 Å². The summed E-state index contributed by atoms with van der Waals surface area (Å²) in [5.41, 5.74) is 4.45. The molecule has 0 fully saturated rings. The standard InChI is InChI=1S/C23H23N3OS/c1-4-25-19(12-10-17-14-18(24-16(3)27)11-13-20(17)25)15-23-26(5-2)21-8-6-7-9-22(21)28-23/h6-15H,4-5H2,1-3H3/p+1. The van der Waals surface area contributed by atoms with Gasteiger partial charge < -0.3 is 10.2 Å². The smallest absolute Gasteiger partial charge is 0.221 e. The number of hydrogen-bond donors (Lipinski definition) is 1. The first-order valence-corrected chi connectivity index (χ1v) is 10.4. The van der Waals surface area contributed by atoms with E-state index < -0.39 is 0 Å². The second-order valence-corrected chi connectivity index (χ2v) is 7.82. The van der Waals surface area contributed by atoms with Gasteiger partial charge in [0.25, 0.3) is 0 Å². The molecular weight excluding hydrogens is 366 g/mol. The van der Waals surface area contributed by atoms with Gasteiger partial charge in [0.1, 0.15) is 6.54 Å². The molecule has 5 heteroatoms. The van der Waals surface area contributed by atoms with Crippen LogP contribution in [-0.4, -0.2) is 12.5 Å². The number of thioether (sulfide) groups is 1. The van der Waals surface area contributed by atoms with E-state index in [4.69, 9.17) is 0 Å². The molecule has 0 saturated heterocycles. The predicted molar refractivity (Wildman–Crippen MR) is 117 cm³/mol. The van der Waals surface area contributed by atoms with E-state index in [1.807, 2.05) is 23.9 Å². The van der Waals surface area contributed by atoms with Crippen LogP contribution in [0.2, 0.25) is 0 Å². The molecule has 0 aliphatic carbocycles. The minimum absolute atomic E-state index is 0.0541. The molecule has 0 spiro atoms. The molecule has 2 heterocycles. The van der Waals surface area contributed by atoms with Gasteiger partial charge in [-0.15, -0.1) is 0 Å². The van der Waals surface area contributed by atoms with Gasteiger partial charge in [-0.3, -0.25) is 4.79 Å². The number of nitrogens with one attached hydrogen (secondary N) is 1. The number of para-hydroxylation sites is 1. The zero-order valence-electron chi connectivity index (χ0n) is 16.4. The predicted octanol–water partition coefficient (Wildman–Crippen LogP) is 5.04. The Balaban J connectivity index is 1.77. The van der Waals surface area contributed by atoms with E-state index in [0.29, 0.717) is 0 Å². The summed E-state index contributed by atoms with van der Waals surface area (Å²) in [4.78, 5) is 15.0. The number of anilines is 2. The Morgan fingerprint density at radius 1 is 1.14 bits per heavy atom. The number of aryl methyl sites for hydroxylation is 1. The molecule has 0 atom stereocenters. The molecule has 1 aromatic heterocycles. The zero-order valence-corrected chi connectivity index (χ0v) is 17.2. The van der Waals surface area contributed by atoms with E-state index in [-0.39, 0.29) is 5.91 Å². The number of benzene rings is 2. The van der Waals surface area contributed by atoms with Crippen LogP contribution in [-0.2, 0) is 11.3 Å². The molecule has 4 rings (SSSR count). The average Bonchev–Trinajstić information content (AvgIpc) is 3.04. The van der Waals surface area contributed by atoms with E-state index in [1.54, 1.807) is 0 Å². The quantitative estimate of drug-likeness (QED) is 0.634. The number of aromatic nitrogens is 1. The topological polar surface area (TPSA) is 36.2 Å². The number of fused-ring (bicyclic) bond motifs is 2. The van der Waals surface area contributed by atoms with E-state index in [1.165, 1.54) is 28.2 Å². The maximum Gasteiger partial charge on any atom is 0.221 e. The summed E-state index contributed by atoms with van der Waals surface area (Å²) in [6.07, 6.45) is 2.28. The molecule has 1 amide bonds. The number of pyridine rings is 1. The Morgan fingerprint density at radius 3 is 2.71 bits per heavy atom. The van der Waals surface area contributed by atoms with Crippen LogP contribution in [0.25, 0.3) is 17.0 Å². The third kappa shape index (κ3) is 3.38. The lowest BCUT2D eigenvalue weighted by Gasteiger charge is -2.17. The molecule has 2 aromatic carbocycles. The first kappa shape index (κ1) is 18.6. The molecule has 1 N–H and O–H groups in total. The van der Waals surface area contributed by atoms with Crippen molar-refractivity contribution in [3.05, 3.63) is 65.3 Å². The highest BCUT2D eigenvalue weighted by atomic mass is 32.2. The number of carbonyl (C=O) groups is 1. The summed E-state index contributed by atoms with van der Waals surface area (Å²) < 4.78 is 2.32. The number of rotatable bonds is 4. The minimum atomic E-state index is -0.0541. The maximum atomic E-state index is 11.3. The van der Waals surface area contributed by atoms with Gasteiger partial charge in [-0.05, 0) is 44.2 Å². The van der Waals surface area contributed by atoms with E-state index >= 15 is 0 Å². The van der Waals surface area contributed by atoms with Crippen LogP contribution in [0, 0.1) is 0 Å². The van der Waals surface area contributed by atoms with Crippen molar-refractivity contribution in [1.29, 1.82) is 0 Å². The highest BCUT2D eigenvalue weighted by Crippen LogP contribution is 2.46. The van der Waals surface area contributed by atoms with Crippen LogP contribution in [0.5, 0.6) is 0 Å². The number of amides is 1. The second kappa shape index (κ2) is 7.68. The van der Waals surface area contributed by atoms with Gasteiger partial charge >= 0.3 is 0 Å². The Labute approximate surface area is 169 Å². The van der Waals surface area contributed by atoms with Crippen LogP contribution < -0.4 is 14.8 Å². The Morgan fingerprint density at radius 2 is 1.96 bits per heavy atom. The lowest BCUT2D eigenvalue weighted by molar-refractivity contribution is -0.669. The van der Waals surface area contributed by atoms with E-state index in [9.17, 15) is 4.79 Å². The van der Waals surface area contributed by atoms with Crippen molar-refractivity contribution in [2.24, 2.45) is 0 Å². The molecule has 1 aliphatic rings. The van der Waals surface area contributed by atoms with Crippen molar-refractivity contribution < 1.29 is 9.36 Å². The lowest BCUT2D eigenvalue weighted by Crippen LogP contribution is -2.37. The highest BCUT2D eigenvalue weighted by Gasteiger charge is 2.25. The molecular formula is C23H24N3OS+. The monoisotopic (exact) mass is 390 g/mol. The summed E-state index contributed by atoms with van der Waals surface area (Å²) in [6, 6.07) is 18.9. The molecule has 3 aromatic rings. The van der Waals surface area contributed by atoms with E-state index in [0.717, 1.165) is 29.7 Å². The van der Waals surface area contributed by atoms with Gasteiger partial charge in [-0.1, -0.05) is 23.9 Å². The van der Waals surface area contributed by atoms with Crippen LogP contribution in [0.4, 0.5) is 11.4 Å². The molecule has 0 unspecified atom stereocenters. The summed E-state index contributed by atoms with van der Waals surface area (Å²) in [5, 5.41) is 5.23. The van der Waals surface area contributed by atoms with Gasteiger partial charge in [0.15, 0.2) is 0 Å². The lowest BCUT2D eigenvalue weighted by atomic mass is 10.1. The van der Waals surface area contributed by atoms with Crippen molar-refractivity contribution >= 4 is 46.0 Å². The van der Waals surface area contributed by atoms with Crippen molar-refractivity contribution in [2.45, 2.75) is 32.2 Å². The Hall–Kier alpha value is -2.79. The fraction of sp³-hybridized carbons (Fsp3) is 0.217. The number of carbonyl (C=O) groups excluding carboxylic acids is 1. The molecule has 1 aliphatic heterocycles. The van der Waals surface area contributed by atoms with Crippen molar-refractivity contribution in [1.82, 2.24) is 0 Å². The highest BCUT2D eigenvalue weighted by molar-refractivity contribution is 8.03. The minimum Gasteiger partial charge on any atom is -0.335 e. The summed E-state index contributed by atoms with van der Waals surface area (Å²) >= 11 is 1.82. The fourth-order valence-corrected chi connectivity index (χ4v) is 4.88. The molecule has 0 radical (unpaired) electrons. The third-order valence-corrected chi connectivity index (χ3v) is 6.04. The van der Waals surface area contributed by atoms with Crippen LogP contribution in [0.3, 0.4) is 0 Å². The molecule has 0 saturated carbocycles. The SMILES string of the molecule is CCN1/C(=C/c2ccc3cc(NC(C)=O)ccc3[n+]2CC)Sc2ccccc21. The van der Waals surface area contributed by atoms with Gasteiger partial charge in [0.05, 0.1) is 10.7 Å². The summed E-state index contributed by atoms with van der Waals surface area (Å²) in [5.74, 6) is -0.0541. The van der Waals surface area contributed by atoms with Crippen LogP contribution >= 0.6 is 11.8 Å². The molecule has 142 valence electrons.